The summed E-state index contributed by atoms with van der Waals surface area (Å²) in [6.07, 6.45) is 16.9. The van der Waals surface area contributed by atoms with Crippen molar-refractivity contribution in [1.82, 2.24) is 9.97 Å². The first-order chi connectivity index (χ1) is 14.7. The first-order valence-corrected chi connectivity index (χ1v) is 12.3. The molecular weight excluding hydrogens is 390 g/mol. The molecule has 0 aliphatic heterocycles. The monoisotopic (exact) mass is 425 g/mol. The Labute approximate surface area is 186 Å². The second kappa shape index (κ2) is 14.8. The van der Waals surface area contributed by atoms with Gasteiger partial charge in [0.1, 0.15) is 11.8 Å². The van der Waals surface area contributed by atoms with Gasteiger partial charge in [-0.15, -0.1) is 0 Å². The van der Waals surface area contributed by atoms with Crippen LogP contribution in [0.5, 0.6) is 5.75 Å². The number of hydrogen-bond donors (Lipinski definition) is 0. The molecule has 0 amide bonds. The molecule has 0 aliphatic carbocycles. The van der Waals surface area contributed by atoms with Crippen LogP contribution in [-0.4, -0.2) is 21.8 Å². The van der Waals surface area contributed by atoms with E-state index in [1.54, 1.807) is 18.7 Å². The van der Waals surface area contributed by atoms with Gasteiger partial charge in [0, 0.05) is 23.7 Å². The number of ether oxygens (including phenoxy) is 1. The molecule has 2 rings (SSSR count). The minimum absolute atomic E-state index is 0.453. The molecule has 0 N–H and O–H groups in total. The van der Waals surface area contributed by atoms with Gasteiger partial charge in [0.2, 0.25) is 0 Å². The van der Waals surface area contributed by atoms with Crippen molar-refractivity contribution >= 4 is 11.8 Å². The summed E-state index contributed by atoms with van der Waals surface area (Å²) in [6, 6.07) is 9.74. The van der Waals surface area contributed by atoms with Crippen LogP contribution >= 0.6 is 11.8 Å². The molecule has 0 aliphatic rings. The van der Waals surface area contributed by atoms with Crippen LogP contribution in [0.4, 0.5) is 0 Å². The summed E-state index contributed by atoms with van der Waals surface area (Å²) in [5.74, 6) is 1.77. The summed E-state index contributed by atoms with van der Waals surface area (Å²) in [5.41, 5.74) is 2.02. The third kappa shape index (κ3) is 9.63. The van der Waals surface area contributed by atoms with Crippen LogP contribution in [0.3, 0.4) is 0 Å². The summed E-state index contributed by atoms with van der Waals surface area (Å²) in [4.78, 5) is 9.00. The van der Waals surface area contributed by atoms with Crippen LogP contribution in [0, 0.1) is 11.3 Å². The smallest absolute Gasteiger partial charge is 0.187 e. The van der Waals surface area contributed by atoms with Gasteiger partial charge in [0.05, 0.1) is 0 Å². The van der Waals surface area contributed by atoms with Gasteiger partial charge < -0.3 is 4.74 Å². The van der Waals surface area contributed by atoms with Crippen LogP contribution in [0.15, 0.2) is 41.8 Å². The fourth-order valence-corrected chi connectivity index (χ4v) is 4.03. The molecule has 0 saturated heterocycles. The molecule has 2 aromatic rings. The van der Waals surface area contributed by atoms with Crippen molar-refractivity contribution in [2.24, 2.45) is 0 Å². The molecule has 0 fully saturated rings. The Bertz CT molecular complexity index is 740. The molecule has 5 heteroatoms. The van der Waals surface area contributed by atoms with Crippen LogP contribution < -0.4 is 4.74 Å². The maximum Gasteiger partial charge on any atom is 0.187 e. The van der Waals surface area contributed by atoms with Crippen molar-refractivity contribution in [3.63, 3.8) is 0 Å². The van der Waals surface area contributed by atoms with Gasteiger partial charge in [0.25, 0.3) is 0 Å². The minimum Gasteiger partial charge on any atom is -0.476 e. The Balaban J connectivity index is 1.61. The molecule has 30 heavy (non-hydrogen) atoms. The highest BCUT2D eigenvalue weighted by atomic mass is 32.2. The normalized spacial score (nSPS) is 11.8. The molecule has 0 unspecified atom stereocenters. The third-order valence-corrected chi connectivity index (χ3v) is 6.00. The summed E-state index contributed by atoms with van der Waals surface area (Å²) < 4.78 is 5.48. The predicted octanol–water partition coefficient (Wildman–Crippen LogP) is 7.45. The first kappa shape index (κ1) is 24.2. The highest BCUT2D eigenvalue weighted by molar-refractivity contribution is 7.99. The van der Waals surface area contributed by atoms with E-state index < -0.39 is 6.10 Å². The maximum absolute atomic E-state index is 8.82. The molecule has 1 aromatic carbocycles. The van der Waals surface area contributed by atoms with Crippen molar-refractivity contribution in [2.45, 2.75) is 89.3 Å². The molecular formula is C25H35N3OS. The lowest BCUT2D eigenvalue weighted by Crippen LogP contribution is -2.07. The Morgan fingerprint density at radius 2 is 1.43 bits per heavy atom. The zero-order chi connectivity index (χ0) is 21.4. The average molecular weight is 426 g/mol. The van der Waals surface area contributed by atoms with E-state index in [9.17, 15) is 0 Å². The van der Waals surface area contributed by atoms with Crippen LogP contribution in [-0.2, 0) is 0 Å². The SMILES string of the molecule is CCCCCCCCCCCCSc1ncc(-c2ccc(O[C@H](C)C#N)cc2)cn1. The number of aromatic nitrogens is 2. The lowest BCUT2D eigenvalue weighted by atomic mass is 10.1. The van der Waals surface area contributed by atoms with E-state index in [-0.39, 0.29) is 0 Å². The third-order valence-electron chi connectivity index (χ3n) is 5.04. The van der Waals surface area contributed by atoms with Crippen LogP contribution in [0.2, 0.25) is 0 Å². The highest BCUT2D eigenvalue weighted by Gasteiger charge is 2.04. The Morgan fingerprint density at radius 1 is 0.867 bits per heavy atom. The molecule has 4 nitrogen and oxygen atoms in total. The summed E-state index contributed by atoms with van der Waals surface area (Å²) in [6.45, 7) is 4.00. The molecule has 1 atom stereocenters. The zero-order valence-corrected chi connectivity index (χ0v) is 19.3. The van der Waals surface area contributed by atoms with E-state index in [0.29, 0.717) is 5.75 Å². The zero-order valence-electron chi connectivity index (χ0n) is 18.5. The van der Waals surface area contributed by atoms with E-state index in [4.69, 9.17) is 10.00 Å². The number of benzene rings is 1. The standard InChI is InChI=1S/C25H35N3OS/c1-3-4-5-6-7-8-9-10-11-12-17-30-25-27-19-23(20-28-25)22-13-15-24(16-14-22)29-21(2)18-26/h13-16,19-21H,3-12,17H2,1-2H3/t21-/m1/s1. The number of nitrogens with zero attached hydrogens (tertiary/aromatic N) is 3. The minimum atomic E-state index is -0.453. The van der Waals surface area contributed by atoms with Crippen LogP contribution in [0.25, 0.3) is 11.1 Å². The molecule has 0 saturated carbocycles. The number of nitriles is 1. The Morgan fingerprint density at radius 3 is 2.00 bits per heavy atom. The first-order valence-electron chi connectivity index (χ1n) is 11.3. The summed E-state index contributed by atoms with van der Waals surface area (Å²) >= 11 is 1.74. The summed E-state index contributed by atoms with van der Waals surface area (Å²) in [5, 5.41) is 9.66. The average Bonchev–Trinajstić information content (AvgIpc) is 2.78. The highest BCUT2D eigenvalue weighted by Crippen LogP contribution is 2.23. The van der Waals surface area contributed by atoms with Crippen molar-refractivity contribution < 1.29 is 4.74 Å². The molecule has 0 bridgehead atoms. The fraction of sp³-hybridized carbons (Fsp3) is 0.560. The van der Waals surface area contributed by atoms with Gasteiger partial charge in [-0.05, 0) is 31.0 Å². The molecule has 0 radical (unpaired) electrons. The Hall–Kier alpha value is -2.06. The second-order valence-electron chi connectivity index (χ2n) is 7.70. The van der Waals surface area contributed by atoms with Gasteiger partial charge in [-0.25, -0.2) is 9.97 Å². The van der Waals surface area contributed by atoms with Gasteiger partial charge in [-0.3, -0.25) is 0 Å². The van der Waals surface area contributed by atoms with Gasteiger partial charge >= 0.3 is 0 Å². The largest absolute Gasteiger partial charge is 0.476 e. The molecule has 1 heterocycles. The van der Waals surface area contributed by atoms with Crippen molar-refractivity contribution in [2.75, 3.05) is 5.75 Å². The second-order valence-corrected chi connectivity index (χ2v) is 8.76. The van der Waals surface area contributed by atoms with Crippen molar-refractivity contribution in [3.05, 3.63) is 36.7 Å². The number of unbranched alkanes of at least 4 members (excludes halogenated alkanes) is 9. The molecule has 1 aromatic heterocycles. The molecule has 162 valence electrons. The predicted molar refractivity (Wildman–Crippen MR) is 126 cm³/mol. The lowest BCUT2D eigenvalue weighted by molar-refractivity contribution is 0.276. The number of hydrogen-bond acceptors (Lipinski definition) is 5. The Kier molecular flexibility index (Phi) is 12.0. The summed E-state index contributed by atoms with van der Waals surface area (Å²) in [7, 11) is 0. The van der Waals surface area contributed by atoms with E-state index >= 15 is 0 Å². The van der Waals surface area contributed by atoms with E-state index in [2.05, 4.69) is 23.0 Å². The number of thioether (sulfide) groups is 1. The quantitative estimate of drug-likeness (QED) is 0.168. The lowest BCUT2D eigenvalue weighted by Gasteiger charge is -2.08. The van der Waals surface area contributed by atoms with Gasteiger partial charge in [-0.2, -0.15) is 5.26 Å². The van der Waals surface area contributed by atoms with Crippen LogP contribution in [0.1, 0.15) is 78.1 Å². The maximum atomic E-state index is 8.82. The van der Waals surface area contributed by atoms with E-state index in [1.807, 2.05) is 36.7 Å². The van der Waals surface area contributed by atoms with Crippen molar-refractivity contribution in [3.8, 4) is 22.9 Å². The van der Waals surface area contributed by atoms with Gasteiger partial charge in [0.15, 0.2) is 11.3 Å². The van der Waals surface area contributed by atoms with E-state index in [1.165, 1.54) is 64.2 Å². The number of rotatable bonds is 15. The topological polar surface area (TPSA) is 58.8 Å². The van der Waals surface area contributed by atoms with E-state index in [0.717, 1.165) is 22.0 Å². The van der Waals surface area contributed by atoms with Gasteiger partial charge in [-0.1, -0.05) is 88.6 Å². The fourth-order valence-electron chi connectivity index (χ4n) is 3.25. The molecule has 0 spiro atoms. The van der Waals surface area contributed by atoms with Crippen molar-refractivity contribution in [1.29, 1.82) is 5.26 Å².